The third-order valence-corrected chi connectivity index (χ3v) is 4.23. The van der Waals surface area contributed by atoms with Gasteiger partial charge in [0.15, 0.2) is 0 Å². The number of Topliss-reactive ketones (excluding diaryl/α,β-unsaturated/α-hetero) is 2. The zero-order chi connectivity index (χ0) is 16.1. The standard InChI is InChI=1S/C17H19ClO4/c1-2-22-17(21)16(20)14-5-3-4-12(15(14)19)10-11-6-8-13(18)9-7-11/h6-9,12,14H,2-5,10H2,1H3. The van der Waals surface area contributed by atoms with Crippen molar-refractivity contribution in [3.8, 4) is 0 Å². The van der Waals surface area contributed by atoms with Crippen LogP contribution in [0, 0.1) is 11.8 Å². The largest absolute Gasteiger partial charge is 0.460 e. The maximum absolute atomic E-state index is 12.5. The van der Waals surface area contributed by atoms with Crippen LogP contribution in [0.1, 0.15) is 31.7 Å². The summed E-state index contributed by atoms with van der Waals surface area (Å²) in [6.07, 6.45) is 2.52. The number of hydrogen-bond acceptors (Lipinski definition) is 4. The molecule has 1 aromatic rings. The SMILES string of the molecule is CCOC(=O)C(=O)C1CCCC(Cc2ccc(Cl)cc2)C1=O. The third kappa shape index (κ3) is 3.95. The zero-order valence-electron chi connectivity index (χ0n) is 12.5. The number of rotatable bonds is 5. The molecule has 1 fully saturated rings. The molecule has 2 unspecified atom stereocenters. The van der Waals surface area contributed by atoms with Gasteiger partial charge < -0.3 is 4.74 Å². The lowest BCUT2D eigenvalue weighted by molar-refractivity contribution is -0.158. The lowest BCUT2D eigenvalue weighted by atomic mass is 9.76. The van der Waals surface area contributed by atoms with Crippen molar-refractivity contribution in [2.45, 2.75) is 32.6 Å². The highest BCUT2D eigenvalue weighted by Crippen LogP contribution is 2.29. The second-order valence-corrected chi connectivity index (χ2v) is 5.93. The molecule has 4 nitrogen and oxygen atoms in total. The Bertz CT molecular complexity index is 565. The summed E-state index contributed by atoms with van der Waals surface area (Å²) >= 11 is 5.85. The van der Waals surface area contributed by atoms with Crippen LogP contribution in [0.5, 0.6) is 0 Å². The Morgan fingerprint density at radius 3 is 2.55 bits per heavy atom. The average molecular weight is 323 g/mol. The average Bonchev–Trinajstić information content (AvgIpc) is 2.51. The first-order valence-electron chi connectivity index (χ1n) is 7.52. The summed E-state index contributed by atoms with van der Waals surface area (Å²) in [6, 6.07) is 7.33. The van der Waals surface area contributed by atoms with Gasteiger partial charge in [0.1, 0.15) is 5.78 Å². The molecule has 0 saturated heterocycles. The molecule has 0 radical (unpaired) electrons. The molecule has 0 amide bonds. The third-order valence-electron chi connectivity index (χ3n) is 3.98. The minimum atomic E-state index is -0.895. The Labute approximate surface area is 134 Å². The molecule has 118 valence electrons. The molecule has 22 heavy (non-hydrogen) atoms. The molecular formula is C17H19ClO4. The van der Waals surface area contributed by atoms with E-state index in [0.29, 0.717) is 17.9 Å². The Kier molecular flexibility index (Phi) is 5.72. The number of ether oxygens (including phenoxy) is 1. The van der Waals surface area contributed by atoms with Crippen molar-refractivity contribution < 1.29 is 19.1 Å². The molecular weight excluding hydrogens is 304 g/mol. The monoisotopic (exact) mass is 322 g/mol. The molecule has 2 atom stereocenters. The minimum absolute atomic E-state index is 0.139. The summed E-state index contributed by atoms with van der Waals surface area (Å²) in [5, 5.41) is 0.647. The fourth-order valence-corrected chi connectivity index (χ4v) is 2.98. The topological polar surface area (TPSA) is 60.4 Å². The normalized spacial score (nSPS) is 21.5. The maximum atomic E-state index is 12.5. The van der Waals surface area contributed by atoms with E-state index in [4.69, 9.17) is 16.3 Å². The maximum Gasteiger partial charge on any atom is 0.375 e. The fourth-order valence-electron chi connectivity index (χ4n) is 2.85. The van der Waals surface area contributed by atoms with Gasteiger partial charge in [0.05, 0.1) is 12.5 Å². The van der Waals surface area contributed by atoms with E-state index in [9.17, 15) is 14.4 Å². The fraction of sp³-hybridized carbons (Fsp3) is 0.471. The van der Waals surface area contributed by atoms with Gasteiger partial charge >= 0.3 is 5.97 Å². The molecule has 2 rings (SSSR count). The number of carbonyl (C=O) groups excluding carboxylic acids is 3. The van der Waals surface area contributed by atoms with Gasteiger partial charge in [-0.2, -0.15) is 0 Å². The molecule has 0 heterocycles. The number of ketones is 2. The molecule has 0 N–H and O–H groups in total. The van der Waals surface area contributed by atoms with Crippen LogP contribution in [-0.4, -0.2) is 24.1 Å². The summed E-state index contributed by atoms with van der Waals surface area (Å²) in [4.78, 5) is 36.1. The highest BCUT2D eigenvalue weighted by atomic mass is 35.5. The Morgan fingerprint density at radius 2 is 1.91 bits per heavy atom. The highest BCUT2D eigenvalue weighted by molar-refractivity contribution is 6.38. The van der Waals surface area contributed by atoms with Gasteiger partial charge in [0, 0.05) is 10.9 Å². The Hall–Kier alpha value is -1.68. The predicted octanol–water partition coefficient (Wildman–Crippen LogP) is 3.00. The zero-order valence-corrected chi connectivity index (χ0v) is 13.3. The summed E-state index contributed by atoms with van der Waals surface area (Å²) in [5.74, 6) is -2.80. The Balaban J connectivity index is 2.05. The van der Waals surface area contributed by atoms with E-state index in [-0.39, 0.29) is 18.3 Å². The highest BCUT2D eigenvalue weighted by Gasteiger charge is 2.38. The van der Waals surface area contributed by atoms with Crippen molar-refractivity contribution in [1.29, 1.82) is 0 Å². The van der Waals surface area contributed by atoms with Crippen LogP contribution < -0.4 is 0 Å². The van der Waals surface area contributed by atoms with Crippen molar-refractivity contribution in [2.24, 2.45) is 11.8 Å². The minimum Gasteiger partial charge on any atom is -0.460 e. The summed E-state index contributed by atoms with van der Waals surface area (Å²) in [7, 11) is 0. The molecule has 1 aliphatic carbocycles. The molecule has 0 bridgehead atoms. The lowest BCUT2D eigenvalue weighted by Crippen LogP contribution is -2.38. The summed E-state index contributed by atoms with van der Waals surface area (Å²) < 4.78 is 4.72. The van der Waals surface area contributed by atoms with E-state index in [2.05, 4.69) is 0 Å². The molecule has 0 aromatic heterocycles. The van der Waals surface area contributed by atoms with Crippen molar-refractivity contribution >= 4 is 29.1 Å². The quantitative estimate of drug-likeness (QED) is 0.475. The van der Waals surface area contributed by atoms with Gasteiger partial charge in [-0.05, 0) is 43.9 Å². The second kappa shape index (κ2) is 7.54. The van der Waals surface area contributed by atoms with Crippen molar-refractivity contribution in [3.05, 3.63) is 34.9 Å². The van der Waals surface area contributed by atoms with E-state index in [1.54, 1.807) is 19.1 Å². The first-order chi connectivity index (χ1) is 10.5. The number of esters is 1. The van der Waals surface area contributed by atoms with Gasteiger partial charge in [-0.25, -0.2) is 4.79 Å². The van der Waals surface area contributed by atoms with Crippen LogP contribution in [0.4, 0.5) is 0 Å². The van der Waals surface area contributed by atoms with Crippen LogP contribution >= 0.6 is 11.6 Å². The van der Waals surface area contributed by atoms with Crippen molar-refractivity contribution in [1.82, 2.24) is 0 Å². The molecule has 1 saturated carbocycles. The van der Waals surface area contributed by atoms with Gasteiger partial charge in [-0.3, -0.25) is 9.59 Å². The summed E-state index contributed by atoms with van der Waals surface area (Å²) in [6.45, 7) is 1.77. The van der Waals surface area contributed by atoms with Gasteiger partial charge in [0.25, 0.3) is 0 Å². The van der Waals surface area contributed by atoms with Gasteiger partial charge in [-0.15, -0.1) is 0 Å². The molecule has 0 spiro atoms. The molecule has 0 aliphatic heterocycles. The van der Waals surface area contributed by atoms with Crippen LogP contribution in [0.25, 0.3) is 0 Å². The van der Waals surface area contributed by atoms with Crippen LogP contribution in [0.15, 0.2) is 24.3 Å². The van der Waals surface area contributed by atoms with Gasteiger partial charge in [-0.1, -0.05) is 30.2 Å². The first-order valence-corrected chi connectivity index (χ1v) is 7.89. The van der Waals surface area contributed by atoms with E-state index in [1.165, 1.54) is 0 Å². The Morgan fingerprint density at radius 1 is 1.23 bits per heavy atom. The number of hydrogen-bond donors (Lipinski definition) is 0. The number of carbonyl (C=O) groups is 3. The van der Waals surface area contributed by atoms with Crippen LogP contribution in [-0.2, 0) is 25.5 Å². The first kappa shape index (κ1) is 16.7. The van der Waals surface area contributed by atoms with Crippen LogP contribution in [0.2, 0.25) is 5.02 Å². The predicted molar refractivity (Wildman–Crippen MR) is 82.6 cm³/mol. The van der Waals surface area contributed by atoms with E-state index in [0.717, 1.165) is 18.4 Å². The van der Waals surface area contributed by atoms with E-state index < -0.39 is 17.7 Å². The second-order valence-electron chi connectivity index (χ2n) is 5.50. The van der Waals surface area contributed by atoms with E-state index >= 15 is 0 Å². The molecule has 5 heteroatoms. The van der Waals surface area contributed by atoms with Crippen molar-refractivity contribution in [2.75, 3.05) is 6.61 Å². The van der Waals surface area contributed by atoms with E-state index in [1.807, 2.05) is 12.1 Å². The summed E-state index contributed by atoms with van der Waals surface area (Å²) in [5.41, 5.74) is 1.01. The van der Waals surface area contributed by atoms with Crippen LogP contribution in [0.3, 0.4) is 0 Å². The smallest absolute Gasteiger partial charge is 0.375 e. The number of benzene rings is 1. The lowest BCUT2D eigenvalue weighted by Gasteiger charge is -2.26. The number of halogens is 1. The molecule has 1 aliphatic rings. The van der Waals surface area contributed by atoms with Gasteiger partial charge in [0.2, 0.25) is 5.78 Å². The van der Waals surface area contributed by atoms with Crippen molar-refractivity contribution in [3.63, 3.8) is 0 Å². The molecule has 1 aromatic carbocycles.